The maximum atomic E-state index is 12.1. The maximum Gasteiger partial charge on any atom is 0.275 e. The highest BCUT2D eigenvalue weighted by atomic mass is 16.5. The van der Waals surface area contributed by atoms with Gasteiger partial charge in [0.2, 0.25) is 0 Å². The number of pyridine rings is 3. The van der Waals surface area contributed by atoms with E-state index in [9.17, 15) is 14.4 Å². The molecule has 0 aliphatic carbocycles. The molecule has 6 heterocycles. The molecule has 0 saturated carbocycles. The minimum atomic E-state index is -0.279. The first-order chi connectivity index (χ1) is 29.3. The second kappa shape index (κ2) is 18.6. The van der Waals surface area contributed by atoms with Crippen LogP contribution in [0.1, 0.15) is 42.6 Å². The van der Waals surface area contributed by atoms with Gasteiger partial charge >= 0.3 is 0 Å². The van der Waals surface area contributed by atoms with Crippen molar-refractivity contribution in [3.05, 3.63) is 193 Å². The number of imidazole rings is 3. The van der Waals surface area contributed by atoms with Crippen molar-refractivity contribution in [1.82, 2.24) is 28.2 Å². The van der Waals surface area contributed by atoms with E-state index in [0.29, 0.717) is 51.0 Å². The Labute approximate surface area is 342 Å². The predicted octanol–water partition coefficient (Wildman–Crippen LogP) is 7.13. The van der Waals surface area contributed by atoms with Crippen LogP contribution < -0.4 is 20.7 Å². The molecular formula is C45H36N10O5. The number of fused-ring (bicyclic) bond motifs is 3. The summed E-state index contributed by atoms with van der Waals surface area (Å²) >= 11 is 0. The summed E-state index contributed by atoms with van der Waals surface area (Å²) in [5, 5.41) is 26.3. The van der Waals surface area contributed by atoms with Crippen molar-refractivity contribution in [3.63, 3.8) is 0 Å². The van der Waals surface area contributed by atoms with Crippen LogP contribution in [0.3, 0.4) is 0 Å². The molecule has 0 radical (unpaired) electrons. The Balaban J connectivity index is 0.000000136. The van der Waals surface area contributed by atoms with Crippen LogP contribution in [0.5, 0.6) is 5.75 Å². The third kappa shape index (κ3) is 9.84. The lowest BCUT2D eigenvalue weighted by Crippen LogP contribution is -2.11. The summed E-state index contributed by atoms with van der Waals surface area (Å²) in [6, 6.07) is 40.3. The summed E-state index contributed by atoms with van der Waals surface area (Å²) in [7, 11) is 1.60. The van der Waals surface area contributed by atoms with Gasteiger partial charge in [-0.15, -0.1) is 0 Å². The first-order valence-corrected chi connectivity index (χ1v) is 18.4. The Bertz CT molecular complexity index is 2820. The van der Waals surface area contributed by atoms with Crippen molar-refractivity contribution in [3.8, 4) is 11.8 Å². The zero-order valence-corrected chi connectivity index (χ0v) is 32.0. The molecule has 0 unspecified atom stereocenters. The molecule has 296 valence electrons. The average Bonchev–Trinajstić information content (AvgIpc) is 4.04. The largest absolute Gasteiger partial charge is 0.495 e. The molecule has 0 spiro atoms. The van der Waals surface area contributed by atoms with Gasteiger partial charge in [0.25, 0.3) is 17.7 Å². The van der Waals surface area contributed by atoms with Crippen LogP contribution in [0.25, 0.3) is 16.9 Å². The highest BCUT2D eigenvalue weighted by Crippen LogP contribution is 2.16. The molecule has 3 amide bonds. The fraction of sp³-hybridized carbons (Fsp3) is 0.0444. The van der Waals surface area contributed by atoms with Gasteiger partial charge in [-0.25, -0.2) is 15.0 Å². The third-order valence-electron chi connectivity index (χ3n) is 8.73. The van der Waals surface area contributed by atoms with Crippen LogP contribution in [0, 0.1) is 11.3 Å². The van der Waals surface area contributed by atoms with Crippen molar-refractivity contribution < 1.29 is 24.2 Å². The monoisotopic (exact) mass is 796 g/mol. The van der Waals surface area contributed by atoms with Gasteiger partial charge in [0.1, 0.15) is 45.8 Å². The molecule has 15 nitrogen and oxygen atoms in total. The van der Waals surface area contributed by atoms with Crippen LogP contribution >= 0.6 is 0 Å². The number of hydrogen-bond acceptors (Lipinski definition) is 9. The van der Waals surface area contributed by atoms with E-state index in [0.717, 1.165) is 16.9 Å². The fourth-order valence-corrected chi connectivity index (χ4v) is 5.76. The van der Waals surface area contributed by atoms with Gasteiger partial charge in [-0.1, -0.05) is 60.7 Å². The van der Waals surface area contributed by atoms with Crippen molar-refractivity contribution in [2.24, 2.45) is 0 Å². The summed E-state index contributed by atoms with van der Waals surface area (Å²) in [6.45, 7) is -0.0420. The molecule has 9 aromatic rings. The summed E-state index contributed by atoms with van der Waals surface area (Å²) < 4.78 is 10.3. The fourth-order valence-electron chi connectivity index (χ4n) is 5.76. The molecule has 0 saturated heterocycles. The van der Waals surface area contributed by atoms with Gasteiger partial charge in [-0.3, -0.25) is 14.4 Å². The number of amides is 3. The number of aliphatic hydroxyl groups is 1. The normalized spacial score (nSPS) is 10.4. The molecule has 9 rings (SSSR count). The first kappa shape index (κ1) is 39.6. The number of aliphatic hydroxyl groups excluding tert-OH is 1. The second-order valence-corrected chi connectivity index (χ2v) is 12.9. The second-order valence-electron chi connectivity index (χ2n) is 12.9. The highest BCUT2D eigenvalue weighted by molar-refractivity contribution is 6.04. The Morgan fingerprint density at radius 2 is 0.950 bits per heavy atom. The number of hydrogen-bond donors (Lipinski definition) is 4. The molecule has 0 aliphatic heterocycles. The molecule has 0 atom stereocenters. The van der Waals surface area contributed by atoms with Gasteiger partial charge in [-0.05, 0) is 72.3 Å². The first-order valence-electron chi connectivity index (χ1n) is 18.4. The van der Waals surface area contributed by atoms with E-state index in [1.807, 2.05) is 97.1 Å². The number of rotatable bonds is 8. The van der Waals surface area contributed by atoms with Crippen molar-refractivity contribution in [2.75, 3.05) is 23.1 Å². The zero-order valence-electron chi connectivity index (χ0n) is 32.0. The van der Waals surface area contributed by atoms with Crippen molar-refractivity contribution in [1.29, 1.82) is 5.26 Å². The van der Waals surface area contributed by atoms with E-state index in [-0.39, 0.29) is 24.3 Å². The topological polar surface area (TPSA) is 192 Å². The number of anilines is 3. The molecular weight excluding hydrogens is 761 g/mol. The quantitative estimate of drug-likeness (QED) is 0.124. The SMILES string of the molecule is COc1ccc2nc(C(=O)Nc3ccccc3)cn2c1.N#Cc1ccc2nc(C(=O)Nc3ccccc3)cn2c1.O=C(Nc1ccccc1)c1cn2cc(CO)ccc2n1. The van der Waals surface area contributed by atoms with E-state index in [4.69, 9.17) is 15.1 Å². The number of nitrogens with zero attached hydrogens (tertiary/aromatic N) is 7. The number of carbonyl (C=O) groups is 3. The molecule has 0 aliphatic rings. The summed E-state index contributed by atoms with van der Waals surface area (Å²) in [5.74, 6) is -0.0624. The van der Waals surface area contributed by atoms with Gasteiger partial charge in [-0.2, -0.15) is 5.26 Å². The Morgan fingerprint density at radius 1 is 0.550 bits per heavy atom. The van der Waals surface area contributed by atoms with Crippen LogP contribution in [0.2, 0.25) is 0 Å². The molecule has 4 N–H and O–H groups in total. The van der Waals surface area contributed by atoms with E-state index in [1.165, 1.54) is 0 Å². The minimum absolute atomic E-state index is 0.0420. The lowest BCUT2D eigenvalue weighted by atomic mass is 10.3. The Kier molecular flexibility index (Phi) is 12.3. The molecule has 0 bridgehead atoms. The van der Waals surface area contributed by atoms with Crippen LogP contribution in [0.15, 0.2) is 165 Å². The third-order valence-corrected chi connectivity index (χ3v) is 8.73. The summed E-state index contributed by atoms with van der Waals surface area (Å²) in [4.78, 5) is 49.1. The molecule has 60 heavy (non-hydrogen) atoms. The van der Waals surface area contributed by atoms with Gasteiger partial charge in [0, 0.05) is 48.0 Å². The van der Waals surface area contributed by atoms with Crippen LogP contribution in [-0.2, 0) is 6.61 Å². The van der Waals surface area contributed by atoms with Gasteiger partial charge in [0.15, 0.2) is 0 Å². The maximum absolute atomic E-state index is 12.1. The number of carbonyl (C=O) groups excluding carboxylic acids is 3. The van der Waals surface area contributed by atoms with Crippen molar-refractivity contribution in [2.45, 2.75) is 6.61 Å². The van der Waals surface area contributed by atoms with Gasteiger partial charge in [0.05, 0.1) is 25.5 Å². The molecule has 6 aromatic heterocycles. The number of nitrogens with one attached hydrogen (secondary N) is 3. The minimum Gasteiger partial charge on any atom is -0.495 e. The lowest BCUT2D eigenvalue weighted by molar-refractivity contribution is 0.101. The molecule has 0 fully saturated rings. The number of benzene rings is 3. The van der Waals surface area contributed by atoms with Crippen molar-refractivity contribution >= 4 is 51.7 Å². The number of para-hydroxylation sites is 3. The lowest BCUT2D eigenvalue weighted by Gasteiger charge is -2.01. The summed E-state index contributed by atoms with van der Waals surface area (Å²) in [6.07, 6.45) is 10.1. The van der Waals surface area contributed by atoms with Crippen LogP contribution in [-0.4, -0.2) is 58.1 Å². The number of methoxy groups -OCH3 is 1. The Morgan fingerprint density at radius 3 is 1.37 bits per heavy atom. The average molecular weight is 797 g/mol. The highest BCUT2D eigenvalue weighted by Gasteiger charge is 2.13. The Hall–Kier alpha value is -8.61. The van der Waals surface area contributed by atoms with E-state index >= 15 is 0 Å². The predicted molar refractivity (Wildman–Crippen MR) is 226 cm³/mol. The smallest absolute Gasteiger partial charge is 0.275 e. The number of ether oxygens (including phenoxy) is 1. The van der Waals surface area contributed by atoms with E-state index in [1.54, 1.807) is 93.9 Å². The standard InChI is InChI=1S/C15H10N4O.2C15H13N3O2/c16-8-11-6-7-14-18-13(10-19(14)9-11)15(20)17-12-4-2-1-3-5-12;1-20-12-7-8-14-17-13(10-18(14)9-12)15(19)16-11-5-3-2-4-6-11;19-10-11-6-7-14-17-13(9-18(14)8-11)15(20)16-12-4-2-1-3-5-12/h1-7,9-10H,(H,17,20);2-10H,1H3,(H,16,19);1-9,19H,10H2,(H,16,20). The number of nitriles is 1. The van der Waals surface area contributed by atoms with E-state index in [2.05, 4.69) is 30.9 Å². The number of aromatic nitrogens is 6. The van der Waals surface area contributed by atoms with Gasteiger partial charge < -0.3 is 39.0 Å². The van der Waals surface area contributed by atoms with Crippen LogP contribution in [0.4, 0.5) is 17.1 Å². The molecule has 15 heteroatoms. The summed E-state index contributed by atoms with van der Waals surface area (Å²) in [5.41, 5.74) is 6.47. The van der Waals surface area contributed by atoms with E-state index < -0.39 is 0 Å². The zero-order chi connectivity index (χ0) is 41.8. The molecule has 3 aromatic carbocycles.